The summed E-state index contributed by atoms with van der Waals surface area (Å²) in [5.41, 5.74) is 5.03. The first-order valence-corrected chi connectivity index (χ1v) is 15.5. The number of para-hydroxylation sites is 1. The van der Waals surface area contributed by atoms with Crippen LogP contribution in [0, 0.1) is 5.92 Å². The molecule has 6 nitrogen and oxygen atoms in total. The minimum Gasteiger partial charge on any atom is -0.291 e. The Bertz CT molecular complexity index is 1340. The van der Waals surface area contributed by atoms with Gasteiger partial charge in [-0.25, -0.2) is 4.79 Å². The zero-order chi connectivity index (χ0) is 28.7. The SMILES string of the molecule is CCC(CC)CCCCCCCn1c(-c2ccccc2)c(-c2ccccc2)n(-c2ccccc2)c1=O.O=[P+](O)O. The predicted molar refractivity (Wildman–Crippen MR) is 165 cm³/mol. The van der Waals surface area contributed by atoms with Gasteiger partial charge in [0.05, 0.1) is 17.1 Å². The maximum Gasteiger partial charge on any atom is 0.692 e. The zero-order valence-electron chi connectivity index (χ0n) is 23.7. The van der Waals surface area contributed by atoms with Gasteiger partial charge in [0.25, 0.3) is 0 Å². The first-order valence-electron chi connectivity index (χ1n) is 14.3. The molecule has 0 saturated carbocycles. The second-order valence-electron chi connectivity index (χ2n) is 10.0. The van der Waals surface area contributed by atoms with Crippen molar-refractivity contribution in [3.05, 3.63) is 101 Å². The predicted octanol–water partition coefficient (Wildman–Crippen LogP) is 8.38. The van der Waals surface area contributed by atoms with E-state index in [0.717, 1.165) is 53.5 Å². The Labute approximate surface area is 238 Å². The van der Waals surface area contributed by atoms with E-state index in [4.69, 9.17) is 14.4 Å². The summed E-state index contributed by atoms with van der Waals surface area (Å²) in [6.07, 6.45) is 9.96. The number of nitrogens with zero attached hydrogens (tertiary/aromatic N) is 2. The van der Waals surface area contributed by atoms with Gasteiger partial charge in [0.15, 0.2) is 0 Å². The highest BCUT2D eigenvalue weighted by atomic mass is 31.1. The summed E-state index contributed by atoms with van der Waals surface area (Å²) in [5.74, 6) is 0.881. The van der Waals surface area contributed by atoms with Crippen molar-refractivity contribution in [3.63, 3.8) is 0 Å². The minimum atomic E-state index is -2.87. The third-order valence-corrected chi connectivity index (χ3v) is 7.40. The summed E-state index contributed by atoms with van der Waals surface area (Å²) in [7, 11) is -2.87. The summed E-state index contributed by atoms with van der Waals surface area (Å²) in [4.78, 5) is 28.2. The average molecular weight is 562 g/mol. The Hall–Kier alpha value is -3.31. The van der Waals surface area contributed by atoms with Crippen LogP contribution in [0.25, 0.3) is 28.2 Å². The van der Waals surface area contributed by atoms with Crippen LogP contribution < -0.4 is 5.69 Å². The van der Waals surface area contributed by atoms with Gasteiger partial charge in [-0.2, -0.15) is 0 Å². The van der Waals surface area contributed by atoms with Crippen molar-refractivity contribution in [2.45, 2.75) is 71.8 Å². The number of aromatic nitrogens is 2. The van der Waals surface area contributed by atoms with Crippen molar-refractivity contribution in [3.8, 4) is 28.2 Å². The van der Waals surface area contributed by atoms with Crippen LogP contribution in [0.2, 0.25) is 0 Å². The highest BCUT2D eigenvalue weighted by Gasteiger charge is 2.23. The van der Waals surface area contributed by atoms with Crippen LogP contribution in [0.3, 0.4) is 0 Å². The summed E-state index contributed by atoms with van der Waals surface area (Å²) in [6.45, 7) is 5.35. The maximum absolute atomic E-state index is 14.0. The van der Waals surface area contributed by atoms with E-state index < -0.39 is 8.25 Å². The van der Waals surface area contributed by atoms with Gasteiger partial charge in [0.1, 0.15) is 0 Å². The molecule has 3 aromatic carbocycles. The van der Waals surface area contributed by atoms with E-state index in [1.165, 1.54) is 38.5 Å². The second-order valence-corrected chi connectivity index (χ2v) is 10.5. The third-order valence-electron chi connectivity index (χ3n) is 7.40. The van der Waals surface area contributed by atoms with E-state index in [0.29, 0.717) is 0 Å². The molecule has 0 aliphatic carbocycles. The molecule has 0 fully saturated rings. The van der Waals surface area contributed by atoms with Gasteiger partial charge < -0.3 is 0 Å². The normalized spacial score (nSPS) is 10.8. The highest BCUT2D eigenvalue weighted by Crippen LogP contribution is 2.33. The molecule has 0 bridgehead atoms. The molecule has 0 aliphatic rings. The van der Waals surface area contributed by atoms with E-state index in [9.17, 15) is 4.79 Å². The summed E-state index contributed by atoms with van der Waals surface area (Å²) < 4.78 is 12.6. The van der Waals surface area contributed by atoms with Crippen LogP contribution in [-0.2, 0) is 11.1 Å². The van der Waals surface area contributed by atoms with Gasteiger partial charge in [-0.1, -0.05) is 138 Å². The molecule has 1 aromatic heterocycles. The molecule has 0 radical (unpaired) electrons. The Morgan fingerprint density at radius 3 is 1.65 bits per heavy atom. The van der Waals surface area contributed by atoms with E-state index in [-0.39, 0.29) is 5.69 Å². The summed E-state index contributed by atoms with van der Waals surface area (Å²) >= 11 is 0. The fourth-order valence-corrected chi connectivity index (χ4v) is 5.25. The van der Waals surface area contributed by atoms with Gasteiger partial charge in [-0.3, -0.25) is 9.13 Å². The van der Waals surface area contributed by atoms with E-state index >= 15 is 0 Å². The number of hydrogen-bond acceptors (Lipinski definition) is 2. The smallest absolute Gasteiger partial charge is 0.291 e. The van der Waals surface area contributed by atoms with Crippen molar-refractivity contribution < 1.29 is 14.4 Å². The third kappa shape index (κ3) is 8.85. The van der Waals surface area contributed by atoms with Crippen molar-refractivity contribution >= 4 is 8.25 Å². The molecule has 4 rings (SSSR count). The number of benzene rings is 3. The van der Waals surface area contributed by atoms with Crippen LogP contribution in [0.5, 0.6) is 0 Å². The molecule has 40 heavy (non-hydrogen) atoms. The van der Waals surface area contributed by atoms with E-state index in [1.54, 1.807) is 0 Å². The van der Waals surface area contributed by atoms with Crippen molar-refractivity contribution in [1.82, 2.24) is 9.13 Å². The fourth-order valence-electron chi connectivity index (χ4n) is 5.25. The molecule has 0 unspecified atom stereocenters. The van der Waals surface area contributed by atoms with Crippen LogP contribution in [-0.4, -0.2) is 18.9 Å². The lowest BCUT2D eigenvalue weighted by Gasteiger charge is -2.12. The van der Waals surface area contributed by atoms with Gasteiger partial charge in [0.2, 0.25) is 0 Å². The van der Waals surface area contributed by atoms with Crippen LogP contribution >= 0.6 is 8.25 Å². The standard InChI is InChI=1S/C33H40N2O.HO3P/c1-3-27(4-2)19-11-6-5-7-18-26-34-31(28-20-12-8-13-21-28)32(29-22-14-9-15-23-29)35(33(34)36)30-24-16-10-17-25-30;1-4(2)3/h8-10,12-17,20-25,27H,3-7,11,18-19,26H2,1-2H3;(H-,1,2,3)/p+1. The molecule has 1 heterocycles. The molecule has 0 spiro atoms. The average Bonchev–Trinajstić information content (AvgIpc) is 3.27. The van der Waals surface area contributed by atoms with Gasteiger partial charge in [-0.15, -0.1) is 9.79 Å². The number of rotatable bonds is 13. The maximum atomic E-state index is 14.0. The lowest BCUT2D eigenvalue weighted by molar-refractivity contribution is 0.405. The molecule has 0 aliphatic heterocycles. The Kier molecular flexibility index (Phi) is 13.0. The lowest BCUT2D eigenvalue weighted by atomic mass is 9.96. The summed E-state index contributed by atoms with van der Waals surface area (Å²) in [6, 6.07) is 30.7. The lowest BCUT2D eigenvalue weighted by Crippen LogP contribution is -2.24. The van der Waals surface area contributed by atoms with Crippen LogP contribution in [0.15, 0.2) is 95.8 Å². The highest BCUT2D eigenvalue weighted by molar-refractivity contribution is 7.30. The molecular weight excluding hydrogens is 519 g/mol. The molecule has 0 saturated heterocycles. The quantitative estimate of drug-likeness (QED) is 0.127. The van der Waals surface area contributed by atoms with Crippen molar-refractivity contribution in [1.29, 1.82) is 0 Å². The Balaban J connectivity index is 0.00000103. The Morgan fingerprint density at radius 2 is 1.12 bits per heavy atom. The van der Waals surface area contributed by atoms with Gasteiger partial charge in [0, 0.05) is 22.2 Å². The van der Waals surface area contributed by atoms with E-state index in [1.807, 2.05) is 63.7 Å². The topological polar surface area (TPSA) is 84.5 Å². The number of imidazole rings is 1. The fraction of sp³-hybridized carbons (Fsp3) is 0.364. The molecule has 4 aromatic rings. The first kappa shape index (κ1) is 31.2. The zero-order valence-corrected chi connectivity index (χ0v) is 24.5. The van der Waals surface area contributed by atoms with Gasteiger partial charge >= 0.3 is 13.9 Å². The molecule has 212 valence electrons. The second kappa shape index (κ2) is 16.7. The molecule has 2 N–H and O–H groups in total. The van der Waals surface area contributed by atoms with Crippen LogP contribution in [0.4, 0.5) is 0 Å². The number of hydrogen-bond donors (Lipinski definition) is 2. The number of unbranched alkanes of at least 4 members (excludes halogenated alkanes) is 4. The first-order chi connectivity index (χ1) is 19.5. The minimum absolute atomic E-state index is 0.0349. The van der Waals surface area contributed by atoms with Crippen LogP contribution in [0.1, 0.15) is 65.2 Å². The monoisotopic (exact) mass is 561 g/mol. The van der Waals surface area contributed by atoms with E-state index in [2.05, 4.69) is 50.2 Å². The Morgan fingerprint density at radius 1 is 0.675 bits per heavy atom. The van der Waals surface area contributed by atoms with Crippen molar-refractivity contribution in [2.75, 3.05) is 0 Å². The largest absolute Gasteiger partial charge is 0.692 e. The molecular formula is C33H42N2O4P+. The molecule has 0 atom stereocenters. The van der Waals surface area contributed by atoms with Gasteiger partial charge in [-0.05, 0) is 24.5 Å². The van der Waals surface area contributed by atoms with Crippen molar-refractivity contribution in [2.24, 2.45) is 5.92 Å². The molecule has 0 amide bonds. The summed E-state index contributed by atoms with van der Waals surface area (Å²) in [5, 5.41) is 0. The molecule has 7 heteroatoms.